The van der Waals surface area contributed by atoms with Crippen molar-refractivity contribution < 1.29 is 9.53 Å². The Morgan fingerprint density at radius 1 is 1.30 bits per heavy atom. The van der Waals surface area contributed by atoms with E-state index in [1.54, 1.807) is 6.07 Å². The normalized spacial score (nSPS) is 15.9. The molecule has 1 aliphatic rings. The molecule has 2 rings (SSSR count). The van der Waals surface area contributed by atoms with Crippen LogP contribution in [0.2, 0.25) is 0 Å². The van der Waals surface area contributed by atoms with Crippen molar-refractivity contribution in [1.29, 1.82) is 0 Å². The Balaban J connectivity index is 2.14. The third-order valence-electron chi connectivity index (χ3n) is 3.75. The van der Waals surface area contributed by atoms with Crippen LogP contribution in [0, 0.1) is 5.92 Å². The number of benzene rings is 1. The topological polar surface area (TPSA) is 38.3 Å². The van der Waals surface area contributed by atoms with Gasteiger partial charge in [-0.05, 0) is 46.8 Å². The van der Waals surface area contributed by atoms with Gasteiger partial charge < -0.3 is 10.1 Å². The molecule has 0 aromatic heterocycles. The van der Waals surface area contributed by atoms with Crippen LogP contribution in [0.3, 0.4) is 0 Å². The molecule has 1 fully saturated rings. The first-order chi connectivity index (χ1) is 9.61. The molecule has 0 bridgehead atoms. The zero-order valence-corrected chi connectivity index (χ0v) is 14.7. The van der Waals surface area contributed by atoms with Gasteiger partial charge in [0.25, 0.3) is 0 Å². The number of esters is 1. The first-order valence-corrected chi connectivity index (χ1v) is 8.51. The van der Waals surface area contributed by atoms with Gasteiger partial charge >= 0.3 is 5.97 Å². The van der Waals surface area contributed by atoms with Crippen LogP contribution in [-0.2, 0) is 4.74 Å². The van der Waals surface area contributed by atoms with Gasteiger partial charge in [-0.1, -0.05) is 35.2 Å². The van der Waals surface area contributed by atoms with Gasteiger partial charge in [0.05, 0.1) is 18.4 Å². The lowest BCUT2D eigenvalue weighted by molar-refractivity contribution is 0.0601. The zero-order valence-electron chi connectivity index (χ0n) is 11.5. The summed E-state index contributed by atoms with van der Waals surface area (Å²) >= 11 is 6.93. The van der Waals surface area contributed by atoms with E-state index in [0.717, 1.165) is 21.2 Å². The van der Waals surface area contributed by atoms with Gasteiger partial charge in [0.1, 0.15) is 0 Å². The predicted octanol–water partition coefficient (Wildman–Crippen LogP) is 4.99. The van der Waals surface area contributed by atoms with E-state index in [1.807, 2.05) is 6.07 Å². The Morgan fingerprint density at radius 3 is 2.65 bits per heavy atom. The summed E-state index contributed by atoms with van der Waals surface area (Å²) in [4.78, 5) is 11.9. The summed E-state index contributed by atoms with van der Waals surface area (Å²) in [7, 11) is 1.40. The van der Waals surface area contributed by atoms with Crippen molar-refractivity contribution in [3.05, 3.63) is 26.6 Å². The molecule has 0 spiro atoms. The van der Waals surface area contributed by atoms with Gasteiger partial charge in [-0.15, -0.1) is 0 Å². The molecule has 110 valence electrons. The van der Waals surface area contributed by atoms with Crippen molar-refractivity contribution in [2.75, 3.05) is 19.0 Å². The molecule has 1 aromatic rings. The third kappa shape index (κ3) is 3.98. The van der Waals surface area contributed by atoms with Crippen LogP contribution >= 0.6 is 31.9 Å². The Hall–Kier alpha value is -0.550. The molecule has 5 heteroatoms. The number of hydrogen-bond acceptors (Lipinski definition) is 3. The summed E-state index contributed by atoms with van der Waals surface area (Å²) < 4.78 is 6.59. The fraction of sp³-hybridized carbons (Fsp3) is 0.533. The van der Waals surface area contributed by atoms with Crippen molar-refractivity contribution in [3.8, 4) is 0 Å². The zero-order chi connectivity index (χ0) is 14.5. The molecule has 1 aliphatic carbocycles. The number of halogens is 2. The van der Waals surface area contributed by atoms with Crippen molar-refractivity contribution >= 4 is 43.5 Å². The number of nitrogens with one attached hydrogen (secondary N) is 1. The Bertz CT molecular complexity index is 485. The quantitative estimate of drug-likeness (QED) is 0.718. The molecule has 3 nitrogen and oxygen atoms in total. The van der Waals surface area contributed by atoms with Crippen LogP contribution in [0.5, 0.6) is 0 Å². The molecule has 0 unspecified atom stereocenters. The minimum absolute atomic E-state index is 0.321. The van der Waals surface area contributed by atoms with Gasteiger partial charge in [-0.2, -0.15) is 0 Å². The summed E-state index contributed by atoms with van der Waals surface area (Å²) in [5.41, 5.74) is 1.38. The SMILES string of the molecule is COC(=O)c1cc(Br)cc(Br)c1NCC1CCCCC1. The highest BCUT2D eigenvalue weighted by Crippen LogP contribution is 2.32. The van der Waals surface area contributed by atoms with Crippen LogP contribution in [0.15, 0.2) is 21.1 Å². The highest BCUT2D eigenvalue weighted by atomic mass is 79.9. The molecular formula is C15H19Br2NO2. The van der Waals surface area contributed by atoms with E-state index in [2.05, 4.69) is 37.2 Å². The number of carbonyl (C=O) groups is 1. The standard InChI is InChI=1S/C15H19Br2NO2/c1-20-15(19)12-7-11(16)8-13(17)14(12)18-9-10-5-3-2-4-6-10/h7-8,10,18H,2-6,9H2,1H3. The first kappa shape index (κ1) is 15.8. The van der Waals surface area contributed by atoms with Crippen molar-refractivity contribution in [3.63, 3.8) is 0 Å². The second kappa shape index (κ2) is 7.46. The molecule has 1 aromatic carbocycles. The summed E-state index contributed by atoms with van der Waals surface area (Å²) in [6, 6.07) is 3.73. The fourth-order valence-electron chi connectivity index (χ4n) is 2.66. The molecule has 0 radical (unpaired) electrons. The molecule has 1 N–H and O–H groups in total. The van der Waals surface area contributed by atoms with Gasteiger partial charge in [0.15, 0.2) is 0 Å². The molecule has 0 saturated heterocycles. The monoisotopic (exact) mass is 403 g/mol. The van der Waals surface area contributed by atoms with E-state index in [1.165, 1.54) is 39.2 Å². The van der Waals surface area contributed by atoms with E-state index < -0.39 is 0 Å². The lowest BCUT2D eigenvalue weighted by atomic mass is 9.89. The van der Waals surface area contributed by atoms with E-state index in [0.29, 0.717) is 11.5 Å². The average molecular weight is 405 g/mol. The lowest BCUT2D eigenvalue weighted by Crippen LogP contribution is -2.19. The second-order valence-electron chi connectivity index (χ2n) is 5.19. The van der Waals surface area contributed by atoms with Crippen LogP contribution in [0.1, 0.15) is 42.5 Å². The maximum Gasteiger partial charge on any atom is 0.340 e. The summed E-state index contributed by atoms with van der Waals surface area (Å²) in [6.45, 7) is 0.907. The fourth-order valence-corrected chi connectivity index (χ4v) is 4.03. The molecule has 0 heterocycles. The van der Waals surface area contributed by atoms with Crippen LogP contribution < -0.4 is 5.32 Å². The lowest BCUT2D eigenvalue weighted by Gasteiger charge is -2.23. The van der Waals surface area contributed by atoms with Gasteiger partial charge in [-0.25, -0.2) is 4.79 Å². The molecule has 20 heavy (non-hydrogen) atoms. The van der Waals surface area contributed by atoms with Gasteiger partial charge in [0.2, 0.25) is 0 Å². The second-order valence-corrected chi connectivity index (χ2v) is 6.96. The maximum absolute atomic E-state index is 11.9. The van der Waals surface area contributed by atoms with E-state index in [9.17, 15) is 4.79 Å². The molecule has 0 amide bonds. The largest absolute Gasteiger partial charge is 0.465 e. The van der Waals surface area contributed by atoms with Crippen molar-refractivity contribution in [1.82, 2.24) is 0 Å². The Labute approximate surface area is 136 Å². The molecular weight excluding hydrogens is 386 g/mol. The minimum Gasteiger partial charge on any atom is -0.465 e. The predicted molar refractivity (Wildman–Crippen MR) is 88.2 cm³/mol. The van der Waals surface area contributed by atoms with E-state index >= 15 is 0 Å². The average Bonchev–Trinajstić information content (AvgIpc) is 2.46. The number of anilines is 1. The minimum atomic E-state index is -0.321. The van der Waals surface area contributed by atoms with E-state index in [-0.39, 0.29) is 5.97 Å². The summed E-state index contributed by atoms with van der Waals surface area (Å²) in [5, 5.41) is 3.43. The number of methoxy groups -OCH3 is 1. The number of rotatable bonds is 4. The number of hydrogen-bond donors (Lipinski definition) is 1. The van der Waals surface area contributed by atoms with E-state index in [4.69, 9.17) is 4.74 Å². The molecule has 0 atom stereocenters. The Morgan fingerprint density at radius 2 is 2.00 bits per heavy atom. The van der Waals surface area contributed by atoms with Crippen molar-refractivity contribution in [2.24, 2.45) is 5.92 Å². The number of carbonyl (C=O) groups excluding carboxylic acids is 1. The summed E-state index contributed by atoms with van der Waals surface area (Å²) in [5.74, 6) is 0.378. The summed E-state index contributed by atoms with van der Waals surface area (Å²) in [6.07, 6.45) is 6.53. The maximum atomic E-state index is 11.9. The van der Waals surface area contributed by atoms with Crippen LogP contribution in [0.25, 0.3) is 0 Å². The highest BCUT2D eigenvalue weighted by molar-refractivity contribution is 9.11. The molecule has 0 aliphatic heterocycles. The Kier molecular flexibility index (Phi) is 5.90. The first-order valence-electron chi connectivity index (χ1n) is 6.93. The highest BCUT2D eigenvalue weighted by Gasteiger charge is 2.18. The number of ether oxygens (including phenoxy) is 1. The third-order valence-corrected chi connectivity index (χ3v) is 4.84. The van der Waals surface area contributed by atoms with Crippen LogP contribution in [0.4, 0.5) is 5.69 Å². The smallest absolute Gasteiger partial charge is 0.340 e. The van der Waals surface area contributed by atoms with Gasteiger partial charge in [0, 0.05) is 15.5 Å². The van der Waals surface area contributed by atoms with Crippen molar-refractivity contribution in [2.45, 2.75) is 32.1 Å². The van der Waals surface area contributed by atoms with Gasteiger partial charge in [-0.3, -0.25) is 0 Å². The molecule has 1 saturated carbocycles. The van der Waals surface area contributed by atoms with Crippen LogP contribution in [-0.4, -0.2) is 19.6 Å².